The molecule has 2 fully saturated rings. The van der Waals surface area contributed by atoms with Gasteiger partial charge < -0.3 is 9.64 Å². The highest BCUT2D eigenvalue weighted by Crippen LogP contribution is 2.28. The lowest BCUT2D eigenvalue weighted by Crippen LogP contribution is -2.47. The van der Waals surface area contributed by atoms with Gasteiger partial charge in [0, 0.05) is 44.2 Å². The van der Waals surface area contributed by atoms with Crippen molar-refractivity contribution < 1.29 is 17.9 Å². The second-order valence-corrected chi connectivity index (χ2v) is 12.5. The van der Waals surface area contributed by atoms with E-state index in [1.54, 1.807) is 25.1 Å². The van der Waals surface area contributed by atoms with Crippen LogP contribution in [0.3, 0.4) is 0 Å². The fraction of sp³-hybridized carbons (Fsp3) is 0.696. The Bertz CT molecular complexity index is 827. The number of sulfonamides is 1. The number of carbonyl (C=O) groups excluding carboxylic acids is 1. The van der Waals surface area contributed by atoms with E-state index in [0.29, 0.717) is 32.4 Å². The van der Waals surface area contributed by atoms with Crippen LogP contribution in [-0.4, -0.2) is 61.6 Å². The van der Waals surface area contributed by atoms with Crippen LogP contribution in [0.2, 0.25) is 0 Å². The van der Waals surface area contributed by atoms with Crippen molar-refractivity contribution in [2.75, 3.05) is 31.1 Å². The van der Waals surface area contributed by atoms with Crippen molar-refractivity contribution in [2.24, 2.45) is 5.92 Å². The highest BCUT2D eigenvalue weighted by molar-refractivity contribution is 7.90. The quantitative estimate of drug-likeness (QED) is 0.709. The number of piperidine rings is 1. The molecule has 168 valence electrons. The van der Waals surface area contributed by atoms with Crippen LogP contribution in [0.25, 0.3) is 0 Å². The maximum Gasteiger partial charge on any atom is 0.219 e. The molecule has 0 amide bonds. The largest absolute Gasteiger partial charge is 0.372 e. The molecule has 7 heteroatoms. The summed E-state index contributed by atoms with van der Waals surface area (Å²) >= 11 is 0. The second-order valence-electron chi connectivity index (χ2n) is 9.76. The molecule has 0 N–H and O–H groups in total. The summed E-state index contributed by atoms with van der Waals surface area (Å²) < 4.78 is 31.8. The summed E-state index contributed by atoms with van der Waals surface area (Å²) in [6.45, 7) is 12.0. The molecule has 6 nitrogen and oxygen atoms in total. The summed E-state index contributed by atoms with van der Waals surface area (Å²) in [7, 11) is -3.32. The topological polar surface area (TPSA) is 66.9 Å². The van der Waals surface area contributed by atoms with Crippen LogP contribution in [0.15, 0.2) is 24.3 Å². The third-order valence-electron chi connectivity index (χ3n) is 6.12. The Morgan fingerprint density at radius 2 is 1.57 bits per heavy atom. The fourth-order valence-electron chi connectivity index (χ4n) is 4.36. The standard InChI is InChI=1S/C23H36N2O4S/c1-17-15-24(16-18(2)29-17)21-8-6-19(7-9-21)14-22(26)20-10-12-25(13-11-20)30(27,28)23(3,4)5/h6-9,17-18,20H,10-16H2,1-5H3/t17-,18+. The molecule has 1 aromatic carbocycles. The SMILES string of the molecule is C[C@@H]1CN(c2ccc(CC(=O)C3CCN(S(=O)(=O)C(C)(C)C)CC3)cc2)C[C@H](C)O1. The van der Waals surface area contributed by atoms with Crippen molar-refractivity contribution in [3.63, 3.8) is 0 Å². The first-order chi connectivity index (χ1) is 14.0. The Hall–Kier alpha value is -1.44. The van der Waals surface area contributed by atoms with Gasteiger partial charge in [-0.2, -0.15) is 0 Å². The van der Waals surface area contributed by atoms with Gasteiger partial charge in [-0.05, 0) is 65.2 Å². The second kappa shape index (κ2) is 8.97. The van der Waals surface area contributed by atoms with Crippen molar-refractivity contribution in [1.82, 2.24) is 4.31 Å². The Morgan fingerprint density at radius 3 is 2.07 bits per heavy atom. The van der Waals surface area contributed by atoms with E-state index in [0.717, 1.165) is 24.3 Å². The minimum atomic E-state index is -3.32. The van der Waals surface area contributed by atoms with Crippen LogP contribution in [0.1, 0.15) is 53.0 Å². The molecule has 0 saturated carbocycles. The van der Waals surface area contributed by atoms with Crippen molar-refractivity contribution in [3.8, 4) is 0 Å². The minimum Gasteiger partial charge on any atom is -0.372 e. The first-order valence-electron chi connectivity index (χ1n) is 11.0. The van der Waals surface area contributed by atoms with Crippen molar-refractivity contribution >= 4 is 21.5 Å². The average molecular weight is 437 g/mol. The van der Waals surface area contributed by atoms with Crippen LogP contribution in [0.4, 0.5) is 5.69 Å². The molecular weight excluding hydrogens is 400 g/mol. The van der Waals surface area contributed by atoms with Gasteiger partial charge in [-0.1, -0.05) is 12.1 Å². The third kappa shape index (κ3) is 5.24. The summed E-state index contributed by atoms with van der Waals surface area (Å²) in [5, 5.41) is 0. The van der Waals surface area contributed by atoms with Gasteiger partial charge in [-0.15, -0.1) is 0 Å². The third-order valence-corrected chi connectivity index (χ3v) is 8.72. The van der Waals surface area contributed by atoms with Crippen molar-refractivity contribution in [1.29, 1.82) is 0 Å². The highest BCUT2D eigenvalue weighted by atomic mass is 32.2. The van der Waals surface area contributed by atoms with E-state index >= 15 is 0 Å². The number of hydrogen-bond acceptors (Lipinski definition) is 5. The molecular formula is C23H36N2O4S. The molecule has 0 unspecified atom stereocenters. The molecule has 0 bridgehead atoms. The fourth-order valence-corrected chi connectivity index (χ4v) is 5.83. The lowest BCUT2D eigenvalue weighted by molar-refractivity contribution is -0.123. The lowest BCUT2D eigenvalue weighted by Gasteiger charge is -2.37. The van der Waals surface area contributed by atoms with E-state index in [-0.39, 0.29) is 23.9 Å². The van der Waals surface area contributed by atoms with Crippen molar-refractivity contribution in [2.45, 2.75) is 70.8 Å². The van der Waals surface area contributed by atoms with Gasteiger partial charge in [0.15, 0.2) is 0 Å². The molecule has 30 heavy (non-hydrogen) atoms. The number of ether oxygens (including phenoxy) is 1. The predicted octanol–water partition coefficient (Wildman–Crippen LogP) is 3.25. The number of nitrogens with zero attached hydrogens (tertiary/aromatic N) is 2. The van der Waals surface area contributed by atoms with E-state index in [4.69, 9.17) is 4.74 Å². The van der Waals surface area contributed by atoms with E-state index in [1.807, 2.05) is 12.1 Å². The first kappa shape index (κ1) is 23.2. The van der Waals surface area contributed by atoms with E-state index in [9.17, 15) is 13.2 Å². The van der Waals surface area contributed by atoms with Crippen LogP contribution in [-0.2, 0) is 26.0 Å². The molecule has 3 rings (SSSR count). The number of ketones is 1. The number of rotatable bonds is 5. The normalized spacial score (nSPS) is 24.8. The molecule has 0 spiro atoms. The Balaban J connectivity index is 1.54. The molecule has 2 aliphatic heterocycles. The minimum absolute atomic E-state index is 0.0583. The van der Waals surface area contributed by atoms with E-state index < -0.39 is 14.8 Å². The number of Topliss-reactive ketones (excluding diaryl/α,β-unsaturated/α-hetero) is 1. The van der Waals surface area contributed by atoms with Gasteiger partial charge in [0.1, 0.15) is 5.78 Å². The molecule has 2 atom stereocenters. The maximum absolute atomic E-state index is 12.8. The summed E-state index contributed by atoms with van der Waals surface area (Å²) in [6.07, 6.45) is 2.05. The number of hydrogen-bond donors (Lipinski definition) is 0. The zero-order valence-corrected chi connectivity index (χ0v) is 19.7. The average Bonchev–Trinajstić information content (AvgIpc) is 2.67. The monoisotopic (exact) mass is 436 g/mol. The van der Waals surface area contributed by atoms with Crippen molar-refractivity contribution in [3.05, 3.63) is 29.8 Å². The van der Waals surface area contributed by atoms with Gasteiger partial charge in [0.2, 0.25) is 10.0 Å². The van der Waals surface area contributed by atoms with Crippen LogP contribution in [0.5, 0.6) is 0 Å². The number of carbonyl (C=O) groups is 1. The molecule has 2 aliphatic rings. The molecule has 2 saturated heterocycles. The van der Waals surface area contributed by atoms with Crippen LogP contribution in [0, 0.1) is 5.92 Å². The molecule has 0 aromatic heterocycles. The predicted molar refractivity (Wildman–Crippen MR) is 120 cm³/mol. The van der Waals surface area contributed by atoms with Gasteiger partial charge in [0.25, 0.3) is 0 Å². The van der Waals surface area contributed by atoms with Gasteiger partial charge >= 0.3 is 0 Å². The highest BCUT2D eigenvalue weighted by Gasteiger charge is 2.38. The van der Waals surface area contributed by atoms with Gasteiger partial charge in [-0.3, -0.25) is 4.79 Å². The Labute approximate surface area is 181 Å². The molecule has 0 radical (unpaired) electrons. The Kier molecular flexibility index (Phi) is 6.94. The zero-order valence-electron chi connectivity index (χ0n) is 18.9. The molecule has 2 heterocycles. The van der Waals surface area contributed by atoms with Gasteiger partial charge in [-0.25, -0.2) is 12.7 Å². The summed E-state index contributed by atoms with van der Waals surface area (Å²) in [4.78, 5) is 15.1. The lowest BCUT2D eigenvalue weighted by atomic mass is 9.90. The first-order valence-corrected chi connectivity index (χ1v) is 12.4. The summed E-state index contributed by atoms with van der Waals surface area (Å²) in [5.74, 6) is 0.154. The number of morpholine rings is 1. The molecule has 0 aliphatic carbocycles. The summed E-state index contributed by atoms with van der Waals surface area (Å²) in [5.41, 5.74) is 2.18. The van der Waals surface area contributed by atoms with E-state index in [1.165, 1.54) is 0 Å². The summed E-state index contributed by atoms with van der Waals surface area (Å²) in [6, 6.07) is 8.26. The molecule has 1 aromatic rings. The van der Waals surface area contributed by atoms with Gasteiger partial charge in [0.05, 0.1) is 17.0 Å². The number of benzene rings is 1. The zero-order chi connectivity index (χ0) is 22.1. The maximum atomic E-state index is 12.8. The smallest absolute Gasteiger partial charge is 0.219 e. The van der Waals surface area contributed by atoms with Crippen LogP contribution >= 0.6 is 0 Å². The Morgan fingerprint density at radius 1 is 1.03 bits per heavy atom. The van der Waals surface area contributed by atoms with Crippen LogP contribution < -0.4 is 4.90 Å². The van der Waals surface area contributed by atoms with E-state index in [2.05, 4.69) is 30.9 Å². The number of anilines is 1.